The molecular weight excluding hydrogens is 364 g/mol. The van der Waals surface area contributed by atoms with Crippen molar-refractivity contribution in [1.29, 1.82) is 0 Å². The third-order valence-corrected chi connectivity index (χ3v) is 5.68. The van der Waals surface area contributed by atoms with Crippen molar-refractivity contribution in [2.45, 2.75) is 12.5 Å². The molecule has 4 rings (SSSR count). The van der Waals surface area contributed by atoms with Crippen LogP contribution in [0, 0.1) is 0 Å². The van der Waals surface area contributed by atoms with E-state index < -0.39 is 0 Å². The van der Waals surface area contributed by atoms with Gasteiger partial charge >= 0.3 is 0 Å². The number of carbonyl (C=O) groups is 1. The van der Waals surface area contributed by atoms with Crippen LogP contribution >= 0.6 is 11.6 Å². The molecule has 3 heterocycles. The van der Waals surface area contributed by atoms with Gasteiger partial charge in [0.1, 0.15) is 38.0 Å². The molecule has 2 aromatic rings. The van der Waals surface area contributed by atoms with Crippen molar-refractivity contribution >= 4 is 23.2 Å². The number of quaternary nitrogens is 2. The fourth-order valence-corrected chi connectivity index (χ4v) is 3.89. The third-order valence-electron chi connectivity index (χ3n) is 5.43. The van der Waals surface area contributed by atoms with Crippen molar-refractivity contribution in [3.63, 3.8) is 0 Å². The Hall–Kier alpha value is -2.15. The van der Waals surface area contributed by atoms with Crippen molar-refractivity contribution in [3.8, 4) is 0 Å². The number of amides is 1. The molecule has 2 N–H and O–H groups in total. The fraction of sp³-hybridized carbons (Fsp3) is 0.400. The summed E-state index contributed by atoms with van der Waals surface area (Å²) in [7, 11) is 2.20. The summed E-state index contributed by atoms with van der Waals surface area (Å²) in [6.45, 7) is 4.71. The molecule has 2 aliphatic rings. The minimum atomic E-state index is -0.185. The van der Waals surface area contributed by atoms with E-state index in [2.05, 4.69) is 12.1 Å². The van der Waals surface area contributed by atoms with Gasteiger partial charge in [-0.25, -0.2) is 5.01 Å². The van der Waals surface area contributed by atoms with Crippen molar-refractivity contribution in [1.82, 2.24) is 5.01 Å². The van der Waals surface area contributed by atoms with Gasteiger partial charge in [-0.05, 0) is 29.8 Å². The summed E-state index contributed by atoms with van der Waals surface area (Å²) < 4.78 is 5.61. The van der Waals surface area contributed by atoms with Crippen molar-refractivity contribution < 1.29 is 19.0 Å². The van der Waals surface area contributed by atoms with Crippen LogP contribution in [0.5, 0.6) is 0 Å². The molecule has 7 heteroatoms. The molecule has 0 unspecified atom stereocenters. The number of nitrogens with zero attached hydrogens (tertiary/aromatic N) is 2. The minimum Gasteiger partial charge on any atom is -0.467 e. The monoisotopic (exact) mass is 388 g/mol. The lowest BCUT2D eigenvalue weighted by molar-refractivity contribution is -1.000. The molecule has 27 heavy (non-hydrogen) atoms. The maximum absolute atomic E-state index is 13.1. The van der Waals surface area contributed by atoms with E-state index in [1.807, 2.05) is 36.4 Å². The van der Waals surface area contributed by atoms with Crippen LogP contribution in [0.4, 0.5) is 0 Å². The Balaban J connectivity index is 1.54. The number of likely N-dealkylation sites (N-methyl/N-ethyl adjacent to an activating group) is 1. The highest BCUT2D eigenvalue weighted by molar-refractivity contribution is 6.30. The Morgan fingerprint density at radius 2 is 1.96 bits per heavy atom. The van der Waals surface area contributed by atoms with Crippen LogP contribution in [0.25, 0.3) is 0 Å². The quantitative estimate of drug-likeness (QED) is 0.776. The first kappa shape index (κ1) is 18.2. The molecule has 1 amide bonds. The van der Waals surface area contributed by atoms with E-state index in [1.165, 1.54) is 9.80 Å². The van der Waals surface area contributed by atoms with Gasteiger partial charge in [0, 0.05) is 11.4 Å². The van der Waals surface area contributed by atoms with Crippen LogP contribution in [0.15, 0.2) is 52.2 Å². The van der Waals surface area contributed by atoms with E-state index in [4.69, 9.17) is 16.0 Å². The Kier molecular flexibility index (Phi) is 5.29. The van der Waals surface area contributed by atoms with Crippen molar-refractivity contribution in [2.75, 3.05) is 39.8 Å². The standard InChI is InChI=1S/C20H23ClN4O2/c1-23-8-10-24(11-9-23)14-20(26)25-18(19-3-2-12-27-19)13-17(22-25)15-4-6-16(21)7-5-15/h2-7,12,18H,8-11,13-14H2,1H3/p+2/t18-/m1/s1. The second-order valence-electron chi connectivity index (χ2n) is 7.41. The number of rotatable bonds is 4. The molecule has 142 valence electrons. The number of carbonyl (C=O) groups excluding carboxylic acids is 1. The SMILES string of the molecule is C[NH+]1CC[NH+](CC(=O)N2N=C(c3ccc(Cl)cc3)C[C@@H]2c2ccco2)CC1. The Morgan fingerprint density at radius 1 is 1.22 bits per heavy atom. The highest BCUT2D eigenvalue weighted by Gasteiger charge is 2.36. The molecule has 1 aromatic carbocycles. The Bertz CT molecular complexity index is 811. The number of hydrazone groups is 1. The highest BCUT2D eigenvalue weighted by Crippen LogP contribution is 2.33. The van der Waals surface area contributed by atoms with Gasteiger partial charge in [0.25, 0.3) is 5.91 Å². The van der Waals surface area contributed by atoms with E-state index in [9.17, 15) is 4.79 Å². The molecule has 0 aliphatic carbocycles. The third kappa shape index (κ3) is 4.08. The van der Waals surface area contributed by atoms with Gasteiger partial charge in [0.2, 0.25) is 0 Å². The Labute approximate surface area is 164 Å². The second kappa shape index (κ2) is 7.84. The lowest BCUT2D eigenvalue weighted by Crippen LogP contribution is -3.27. The van der Waals surface area contributed by atoms with Gasteiger partial charge in [0.05, 0.1) is 19.0 Å². The zero-order chi connectivity index (χ0) is 18.8. The zero-order valence-electron chi connectivity index (χ0n) is 15.5. The molecule has 2 aliphatic heterocycles. The first-order chi connectivity index (χ1) is 13.1. The van der Waals surface area contributed by atoms with Crippen LogP contribution in [0.2, 0.25) is 5.02 Å². The van der Waals surface area contributed by atoms with Gasteiger partial charge < -0.3 is 14.2 Å². The largest absolute Gasteiger partial charge is 0.467 e. The summed E-state index contributed by atoms with van der Waals surface area (Å²) >= 11 is 6.00. The van der Waals surface area contributed by atoms with E-state index in [0.29, 0.717) is 18.0 Å². The number of hydrogen-bond donors (Lipinski definition) is 2. The van der Waals surface area contributed by atoms with Crippen LogP contribution in [-0.2, 0) is 4.79 Å². The number of nitrogens with one attached hydrogen (secondary N) is 2. The average Bonchev–Trinajstić information content (AvgIpc) is 3.33. The Morgan fingerprint density at radius 3 is 2.63 bits per heavy atom. The molecule has 6 nitrogen and oxygen atoms in total. The molecule has 0 bridgehead atoms. The summed E-state index contributed by atoms with van der Waals surface area (Å²) in [4.78, 5) is 15.9. The second-order valence-corrected chi connectivity index (χ2v) is 7.85. The van der Waals surface area contributed by atoms with E-state index in [0.717, 1.165) is 43.2 Å². The zero-order valence-corrected chi connectivity index (χ0v) is 16.2. The molecule has 1 aromatic heterocycles. The molecule has 0 saturated carbocycles. The maximum Gasteiger partial charge on any atom is 0.298 e. The van der Waals surface area contributed by atoms with Gasteiger partial charge in [-0.15, -0.1) is 0 Å². The van der Waals surface area contributed by atoms with Gasteiger partial charge in [0.15, 0.2) is 6.54 Å². The van der Waals surface area contributed by atoms with Crippen LogP contribution in [-0.4, -0.2) is 56.4 Å². The smallest absolute Gasteiger partial charge is 0.298 e. The average molecular weight is 389 g/mol. The van der Waals surface area contributed by atoms with E-state index >= 15 is 0 Å². The van der Waals surface area contributed by atoms with Gasteiger partial charge in [-0.3, -0.25) is 4.79 Å². The van der Waals surface area contributed by atoms with Gasteiger partial charge in [-0.2, -0.15) is 5.10 Å². The highest BCUT2D eigenvalue weighted by atomic mass is 35.5. The lowest BCUT2D eigenvalue weighted by Gasteiger charge is -2.28. The maximum atomic E-state index is 13.1. The fourth-order valence-electron chi connectivity index (χ4n) is 3.76. The number of halogens is 1. The predicted molar refractivity (Wildman–Crippen MR) is 103 cm³/mol. The lowest BCUT2D eigenvalue weighted by atomic mass is 10.0. The van der Waals surface area contributed by atoms with Gasteiger partial charge in [-0.1, -0.05) is 23.7 Å². The van der Waals surface area contributed by atoms with Crippen LogP contribution < -0.4 is 9.80 Å². The first-order valence-corrected chi connectivity index (χ1v) is 9.81. The molecule has 0 radical (unpaired) electrons. The van der Waals surface area contributed by atoms with Crippen LogP contribution in [0.3, 0.4) is 0 Å². The van der Waals surface area contributed by atoms with E-state index in [1.54, 1.807) is 11.3 Å². The summed E-state index contributed by atoms with van der Waals surface area (Å²) in [5.41, 5.74) is 1.88. The number of piperazine rings is 1. The summed E-state index contributed by atoms with van der Waals surface area (Å²) in [6, 6.07) is 11.2. The summed E-state index contributed by atoms with van der Waals surface area (Å²) in [6.07, 6.45) is 2.29. The van der Waals surface area contributed by atoms with E-state index in [-0.39, 0.29) is 11.9 Å². The summed E-state index contributed by atoms with van der Waals surface area (Å²) in [5, 5.41) is 7.00. The number of hydrogen-bond acceptors (Lipinski definition) is 3. The van der Waals surface area contributed by atoms with Crippen molar-refractivity contribution in [3.05, 3.63) is 59.0 Å². The minimum absolute atomic E-state index is 0.0508. The number of benzene rings is 1. The number of furan rings is 1. The van der Waals surface area contributed by atoms with Crippen molar-refractivity contribution in [2.24, 2.45) is 5.10 Å². The predicted octanol–water partition coefficient (Wildman–Crippen LogP) is 0.0239. The molecule has 1 atom stereocenters. The molecular formula is C20H25ClN4O2+2. The molecule has 1 saturated heterocycles. The topological polar surface area (TPSA) is 54.7 Å². The van der Waals surface area contributed by atoms with Crippen LogP contribution in [0.1, 0.15) is 23.8 Å². The normalized spacial score (nSPS) is 25.5. The first-order valence-electron chi connectivity index (χ1n) is 9.44. The molecule has 1 fully saturated rings. The molecule has 0 spiro atoms. The summed E-state index contributed by atoms with van der Waals surface area (Å²) in [5.74, 6) is 0.823.